The number of carbonyl (C=O) groups excluding carboxylic acids is 3. The number of amides is 2. The Kier molecular flexibility index (Phi) is 3.84. The molecule has 2 bridgehead atoms. The SMILES string of the molecule is COC(=O)c1ccc(N2C(=O)[C@@H]3[C@@H]4C[C@H]([C@H](Br)[C@@H]4Br)[C@@H]3C2=O)cc1. The summed E-state index contributed by atoms with van der Waals surface area (Å²) in [7, 11) is 1.31. The quantitative estimate of drug-likeness (QED) is 0.390. The number of carbonyl (C=O) groups is 3. The van der Waals surface area contributed by atoms with Gasteiger partial charge in [0.1, 0.15) is 0 Å². The van der Waals surface area contributed by atoms with Crippen LogP contribution in [0.2, 0.25) is 0 Å². The highest BCUT2D eigenvalue weighted by atomic mass is 79.9. The van der Waals surface area contributed by atoms with Gasteiger partial charge >= 0.3 is 5.97 Å². The number of esters is 1. The van der Waals surface area contributed by atoms with Crippen molar-refractivity contribution in [3.8, 4) is 0 Å². The second kappa shape index (κ2) is 5.66. The van der Waals surface area contributed by atoms with Gasteiger partial charge in [0, 0.05) is 9.65 Å². The Morgan fingerprint density at radius 2 is 1.54 bits per heavy atom. The molecule has 1 aliphatic heterocycles. The van der Waals surface area contributed by atoms with Crippen molar-refractivity contribution in [1.29, 1.82) is 0 Å². The summed E-state index contributed by atoms with van der Waals surface area (Å²) in [6, 6.07) is 6.40. The summed E-state index contributed by atoms with van der Waals surface area (Å²) in [6.07, 6.45) is 0.910. The minimum atomic E-state index is -0.445. The lowest BCUT2D eigenvalue weighted by Crippen LogP contribution is -2.37. The van der Waals surface area contributed by atoms with Crippen LogP contribution in [-0.2, 0) is 14.3 Å². The highest BCUT2D eigenvalue weighted by Crippen LogP contribution is 2.60. The van der Waals surface area contributed by atoms with Gasteiger partial charge in [0.2, 0.25) is 11.8 Å². The first-order valence-corrected chi connectivity index (χ1v) is 9.63. The number of nitrogens with zero attached hydrogens (tertiary/aromatic N) is 1. The zero-order chi connectivity index (χ0) is 17.2. The van der Waals surface area contributed by atoms with Crippen molar-refractivity contribution in [2.45, 2.75) is 16.1 Å². The number of imide groups is 1. The third-order valence-corrected chi connectivity index (χ3v) is 8.74. The molecule has 1 aromatic carbocycles. The maximum absolute atomic E-state index is 12.9. The van der Waals surface area contributed by atoms with Crippen LogP contribution in [0.1, 0.15) is 16.8 Å². The van der Waals surface area contributed by atoms with E-state index in [1.165, 1.54) is 12.0 Å². The van der Waals surface area contributed by atoms with Gasteiger partial charge in [-0.1, -0.05) is 31.9 Å². The van der Waals surface area contributed by atoms with Crippen molar-refractivity contribution in [2.24, 2.45) is 23.7 Å². The predicted molar refractivity (Wildman–Crippen MR) is 94.3 cm³/mol. The smallest absolute Gasteiger partial charge is 0.337 e. The van der Waals surface area contributed by atoms with E-state index in [1.54, 1.807) is 24.3 Å². The van der Waals surface area contributed by atoms with Crippen LogP contribution in [0.15, 0.2) is 24.3 Å². The molecule has 2 saturated carbocycles. The summed E-state index contributed by atoms with van der Waals surface area (Å²) >= 11 is 7.35. The topological polar surface area (TPSA) is 63.7 Å². The number of hydrogen-bond acceptors (Lipinski definition) is 4. The number of hydrogen-bond donors (Lipinski definition) is 0. The second-order valence-electron chi connectivity index (χ2n) is 6.55. The number of halogens is 2. The number of benzene rings is 1. The van der Waals surface area contributed by atoms with Gasteiger partial charge in [-0.3, -0.25) is 14.5 Å². The lowest BCUT2D eigenvalue weighted by molar-refractivity contribution is -0.123. The van der Waals surface area contributed by atoms with E-state index in [1.807, 2.05) is 0 Å². The Morgan fingerprint density at radius 1 is 1.04 bits per heavy atom. The van der Waals surface area contributed by atoms with Crippen LogP contribution >= 0.6 is 31.9 Å². The zero-order valence-corrected chi connectivity index (χ0v) is 16.0. The molecule has 7 heteroatoms. The molecule has 0 N–H and O–H groups in total. The van der Waals surface area contributed by atoms with E-state index in [0.29, 0.717) is 11.3 Å². The third kappa shape index (κ3) is 2.07. The fraction of sp³-hybridized carbons (Fsp3) is 0.471. The molecule has 0 radical (unpaired) electrons. The van der Waals surface area contributed by atoms with Gasteiger partial charge in [-0.25, -0.2) is 4.79 Å². The number of anilines is 1. The summed E-state index contributed by atoms with van der Waals surface area (Å²) in [6.45, 7) is 0. The standard InChI is InChI=1S/C17H15Br2NO4/c1-24-17(23)7-2-4-8(5-3-7)20-15(21)11-9-6-10(12(11)16(20)22)14(19)13(9)18/h2-5,9-14H,6H2,1H3/t9-,10-,11-,12+,13-,14+/m0/s1. The molecule has 5 nitrogen and oxygen atoms in total. The van der Waals surface area contributed by atoms with E-state index < -0.39 is 5.97 Å². The van der Waals surface area contributed by atoms with Gasteiger partial charge in [0.15, 0.2) is 0 Å². The van der Waals surface area contributed by atoms with Crippen molar-refractivity contribution in [2.75, 3.05) is 12.0 Å². The van der Waals surface area contributed by atoms with Crippen molar-refractivity contribution in [3.63, 3.8) is 0 Å². The fourth-order valence-electron chi connectivity index (χ4n) is 4.47. The molecule has 1 saturated heterocycles. The molecule has 24 heavy (non-hydrogen) atoms. The van der Waals surface area contributed by atoms with Gasteiger partial charge in [0.25, 0.3) is 0 Å². The van der Waals surface area contributed by atoms with Crippen molar-refractivity contribution >= 4 is 55.3 Å². The normalized spacial score (nSPS) is 37.0. The Labute approximate surface area is 156 Å². The average molecular weight is 457 g/mol. The highest BCUT2D eigenvalue weighted by Gasteiger charge is 2.66. The Morgan fingerprint density at radius 3 is 2.00 bits per heavy atom. The van der Waals surface area contributed by atoms with Crippen LogP contribution < -0.4 is 4.90 Å². The minimum Gasteiger partial charge on any atom is -0.465 e. The average Bonchev–Trinajstić information content (AvgIpc) is 3.19. The number of rotatable bonds is 2. The van der Waals surface area contributed by atoms with E-state index in [0.717, 1.165) is 6.42 Å². The third-order valence-electron chi connectivity index (χ3n) is 5.53. The van der Waals surface area contributed by atoms with Crippen molar-refractivity contribution in [1.82, 2.24) is 0 Å². The van der Waals surface area contributed by atoms with Crippen molar-refractivity contribution in [3.05, 3.63) is 29.8 Å². The summed E-state index contributed by atoms with van der Waals surface area (Å²) in [4.78, 5) is 39.0. The van der Waals surface area contributed by atoms with E-state index in [-0.39, 0.29) is 45.1 Å². The summed E-state index contributed by atoms with van der Waals surface area (Å²) in [5.41, 5.74) is 0.908. The van der Waals surface area contributed by atoms with Gasteiger partial charge in [-0.2, -0.15) is 0 Å². The van der Waals surface area contributed by atoms with Crippen LogP contribution in [0, 0.1) is 23.7 Å². The first-order valence-electron chi connectivity index (χ1n) is 7.80. The second-order valence-corrected chi connectivity index (χ2v) is 8.67. The molecule has 4 rings (SSSR count). The van der Waals surface area contributed by atoms with Crippen molar-refractivity contribution < 1.29 is 19.1 Å². The van der Waals surface area contributed by atoms with E-state index >= 15 is 0 Å². The molecule has 1 aromatic rings. The zero-order valence-electron chi connectivity index (χ0n) is 12.8. The predicted octanol–water partition coefficient (Wildman–Crippen LogP) is 2.76. The molecule has 1 heterocycles. The molecule has 2 amide bonds. The number of fused-ring (bicyclic) bond motifs is 5. The van der Waals surface area contributed by atoms with Gasteiger partial charge in [-0.05, 0) is 42.5 Å². The van der Waals surface area contributed by atoms with Gasteiger partial charge < -0.3 is 4.74 Å². The monoisotopic (exact) mass is 455 g/mol. The number of ether oxygens (including phenoxy) is 1. The van der Waals surface area contributed by atoms with E-state index in [2.05, 4.69) is 36.6 Å². The maximum Gasteiger partial charge on any atom is 0.337 e. The van der Waals surface area contributed by atoms with Crippen LogP contribution in [0.25, 0.3) is 0 Å². The fourth-order valence-corrected chi connectivity index (χ4v) is 6.34. The maximum atomic E-state index is 12.9. The van der Waals surface area contributed by atoms with E-state index in [4.69, 9.17) is 0 Å². The Hall–Kier alpha value is -1.21. The molecule has 0 aromatic heterocycles. The first kappa shape index (κ1) is 16.3. The van der Waals surface area contributed by atoms with Gasteiger partial charge in [0.05, 0.1) is 30.2 Å². The molecule has 6 atom stereocenters. The molecule has 0 unspecified atom stereocenters. The van der Waals surface area contributed by atoms with Crippen LogP contribution in [0.5, 0.6) is 0 Å². The Balaban J connectivity index is 1.65. The largest absolute Gasteiger partial charge is 0.465 e. The van der Waals surface area contributed by atoms with Crippen LogP contribution in [0.3, 0.4) is 0 Å². The molecular weight excluding hydrogens is 442 g/mol. The molecule has 0 spiro atoms. The number of methoxy groups -OCH3 is 1. The lowest BCUT2D eigenvalue weighted by atomic mass is 9.81. The molecule has 3 aliphatic rings. The van der Waals surface area contributed by atoms with Crippen LogP contribution in [0.4, 0.5) is 5.69 Å². The molecular formula is C17H15Br2NO4. The first-order chi connectivity index (χ1) is 11.5. The Bertz CT molecular complexity index is 703. The molecule has 3 fully saturated rings. The number of alkyl halides is 2. The van der Waals surface area contributed by atoms with Crippen LogP contribution in [-0.4, -0.2) is 34.5 Å². The van der Waals surface area contributed by atoms with E-state index in [9.17, 15) is 14.4 Å². The summed E-state index contributed by atoms with van der Waals surface area (Å²) in [5.74, 6) is -0.763. The molecule has 126 valence electrons. The summed E-state index contributed by atoms with van der Waals surface area (Å²) in [5, 5.41) is 0. The lowest BCUT2D eigenvalue weighted by Gasteiger charge is -2.28. The summed E-state index contributed by atoms with van der Waals surface area (Å²) < 4.78 is 4.67. The minimum absolute atomic E-state index is 0.118. The van der Waals surface area contributed by atoms with Gasteiger partial charge in [-0.15, -0.1) is 0 Å². The molecule has 2 aliphatic carbocycles. The highest BCUT2D eigenvalue weighted by molar-refractivity contribution is 9.12.